The molecule has 0 aliphatic carbocycles. The second kappa shape index (κ2) is 11.7. The first-order valence-electron chi connectivity index (χ1n) is 9.34. The summed E-state index contributed by atoms with van der Waals surface area (Å²) in [5, 5.41) is 12.8. The van der Waals surface area contributed by atoms with Crippen molar-refractivity contribution >= 4 is 29.7 Å². The fraction of sp³-hybridized carbons (Fsp3) is 0.286. The Hall–Kier alpha value is -3.46. The Bertz CT molecular complexity index is 963. The molecule has 9 nitrogen and oxygen atoms in total. The molecule has 0 saturated heterocycles. The Balaban J connectivity index is 2.12. The van der Waals surface area contributed by atoms with Gasteiger partial charge in [0.2, 0.25) is 0 Å². The molecule has 2 aromatic rings. The van der Waals surface area contributed by atoms with Crippen molar-refractivity contribution in [1.29, 1.82) is 0 Å². The molecule has 0 heterocycles. The Morgan fingerprint density at radius 1 is 1.06 bits per heavy atom. The Morgan fingerprint density at radius 2 is 1.77 bits per heavy atom. The number of rotatable bonds is 11. The van der Waals surface area contributed by atoms with Gasteiger partial charge >= 0.3 is 5.97 Å². The monoisotopic (exact) mass is 450 g/mol. The van der Waals surface area contributed by atoms with E-state index >= 15 is 0 Å². The number of carboxylic acids is 1. The van der Waals surface area contributed by atoms with Crippen LogP contribution in [0.1, 0.15) is 29.8 Å². The van der Waals surface area contributed by atoms with Crippen LogP contribution in [-0.4, -0.2) is 50.1 Å². The number of benzene rings is 2. The molecule has 2 N–H and O–H groups in total. The van der Waals surface area contributed by atoms with Gasteiger partial charge in [0.15, 0.2) is 29.6 Å². The second-order valence-corrected chi connectivity index (χ2v) is 6.35. The van der Waals surface area contributed by atoms with Gasteiger partial charge in [-0.05, 0) is 49.7 Å². The predicted octanol–water partition coefficient (Wildman–Crippen LogP) is 3.37. The van der Waals surface area contributed by atoms with E-state index in [1.807, 2.05) is 13.8 Å². The van der Waals surface area contributed by atoms with Crippen LogP contribution >= 0.6 is 11.6 Å². The molecule has 0 aliphatic rings. The van der Waals surface area contributed by atoms with Crippen LogP contribution in [0.4, 0.5) is 0 Å². The molecule has 0 aliphatic heterocycles. The SMILES string of the molecule is CCOc1ccc(C(=O)N/N=C/c2cc(Cl)c(OCC(=O)O)c(OC)c2)cc1OCC. The van der Waals surface area contributed by atoms with E-state index in [2.05, 4.69) is 10.5 Å². The van der Waals surface area contributed by atoms with Crippen molar-refractivity contribution in [2.24, 2.45) is 5.10 Å². The zero-order valence-electron chi connectivity index (χ0n) is 17.3. The van der Waals surface area contributed by atoms with E-state index in [4.69, 9.17) is 35.7 Å². The summed E-state index contributed by atoms with van der Waals surface area (Å²) >= 11 is 6.15. The minimum Gasteiger partial charge on any atom is -0.493 e. The maximum Gasteiger partial charge on any atom is 0.341 e. The summed E-state index contributed by atoms with van der Waals surface area (Å²) in [7, 11) is 1.39. The van der Waals surface area contributed by atoms with Crippen LogP contribution in [0.15, 0.2) is 35.4 Å². The number of hydrogen-bond donors (Lipinski definition) is 2. The lowest BCUT2D eigenvalue weighted by atomic mass is 10.2. The molecule has 10 heteroatoms. The number of hydrogen-bond acceptors (Lipinski definition) is 7. The van der Waals surface area contributed by atoms with Crippen LogP contribution in [0.5, 0.6) is 23.0 Å². The third-order valence-corrected chi connectivity index (χ3v) is 4.06. The number of nitrogens with zero attached hydrogens (tertiary/aromatic N) is 1. The summed E-state index contributed by atoms with van der Waals surface area (Å²) in [6.45, 7) is 4.03. The van der Waals surface area contributed by atoms with E-state index < -0.39 is 18.5 Å². The predicted molar refractivity (Wildman–Crippen MR) is 115 cm³/mol. The van der Waals surface area contributed by atoms with Gasteiger partial charge in [-0.3, -0.25) is 4.79 Å². The summed E-state index contributed by atoms with van der Waals surface area (Å²) in [4.78, 5) is 23.1. The second-order valence-electron chi connectivity index (χ2n) is 5.94. The maximum absolute atomic E-state index is 12.4. The molecule has 0 atom stereocenters. The van der Waals surface area contributed by atoms with Crippen molar-refractivity contribution in [2.45, 2.75) is 13.8 Å². The Morgan fingerprint density at radius 3 is 2.42 bits per heavy atom. The molecule has 31 heavy (non-hydrogen) atoms. The van der Waals surface area contributed by atoms with Gasteiger partial charge in [0.25, 0.3) is 5.91 Å². The lowest BCUT2D eigenvalue weighted by Crippen LogP contribution is -2.17. The van der Waals surface area contributed by atoms with Crippen molar-refractivity contribution in [3.63, 3.8) is 0 Å². The van der Waals surface area contributed by atoms with Crippen molar-refractivity contribution < 1.29 is 33.6 Å². The molecule has 0 unspecified atom stereocenters. The first kappa shape index (κ1) is 23.8. The van der Waals surface area contributed by atoms with E-state index in [-0.39, 0.29) is 16.5 Å². The van der Waals surface area contributed by atoms with E-state index in [1.54, 1.807) is 24.3 Å². The average Bonchev–Trinajstić information content (AvgIpc) is 2.73. The lowest BCUT2D eigenvalue weighted by molar-refractivity contribution is -0.139. The molecule has 2 aromatic carbocycles. The third-order valence-electron chi connectivity index (χ3n) is 3.78. The van der Waals surface area contributed by atoms with Crippen molar-refractivity contribution in [3.8, 4) is 23.0 Å². The molecule has 166 valence electrons. The first-order valence-corrected chi connectivity index (χ1v) is 9.72. The van der Waals surface area contributed by atoms with E-state index in [0.717, 1.165) is 0 Å². The van der Waals surface area contributed by atoms with Gasteiger partial charge in [0.05, 0.1) is 31.6 Å². The molecular weight excluding hydrogens is 428 g/mol. The summed E-state index contributed by atoms with van der Waals surface area (Å²) in [6.07, 6.45) is 1.37. The number of carbonyl (C=O) groups excluding carboxylic acids is 1. The number of ether oxygens (including phenoxy) is 4. The number of methoxy groups -OCH3 is 1. The molecular formula is C21H23ClN2O7. The number of nitrogens with one attached hydrogen (secondary N) is 1. The molecule has 0 radical (unpaired) electrons. The normalized spacial score (nSPS) is 10.6. The minimum atomic E-state index is -1.15. The highest BCUT2D eigenvalue weighted by Crippen LogP contribution is 2.36. The van der Waals surface area contributed by atoms with Gasteiger partial charge in [-0.25, -0.2) is 10.2 Å². The quantitative estimate of drug-likeness (QED) is 0.398. The number of aliphatic carboxylic acids is 1. The average molecular weight is 451 g/mol. The topological polar surface area (TPSA) is 116 Å². The van der Waals surface area contributed by atoms with Gasteiger partial charge in [-0.15, -0.1) is 0 Å². The molecule has 0 bridgehead atoms. The molecule has 0 saturated carbocycles. The highest BCUT2D eigenvalue weighted by atomic mass is 35.5. The van der Waals surface area contributed by atoms with E-state index in [9.17, 15) is 9.59 Å². The fourth-order valence-electron chi connectivity index (χ4n) is 2.51. The molecule has 2 rings (SSSR count). The standard InChI is InChI=1S/C21H23ClN2O7/c1-4-29-16-7-6-14(10-17(16)30-5-2)21(27)24-23-11-13-8-15(22)20(18(9-13)28-3)31-12-19(25)26/h6-11H,4-5,12H2,1-3H3,(H,24,27)(H,25,26)/b23-11+. The van der Waals surface area contributed by atoms with Gasteiger partial charge in [0, 0.05) is 5.56 Å². The largest absolute Gasteiger partial charge is 0.493 e. The summed E-state index contributed by atoms with van der Waals surface area (Å²) in [6, 6.07) is 7.89. The van der Waals surface area contributed by atoms with Crippen molar-refractivity contribution in [2.75, 3.05) is 26.9 Å². The van der Waals surface area contributed by atoms with Crippen LogP contribution < -0.4 is 24.4 Å². The number of halogens is 1. The molecule has 0 fully saturated rings. The van der Waals surface area contributed by atoms with Gasteiger partial charge in [-0.1, -0.05) is 11.6 Å². The molecule has 0 spiro atoms. The number of amides is 1. The van der Waals surface area contributed by atoms with E-state index in [0.29, 0.717) is 35.8 Å². The zero-order valence-corrected chi connectivity index (χ0v) is 18.1. The summed E-state index contributed by atoms with van der Waals surface area (Å²) in [5.74, 6) is -0.237. The number of hydrazone groups is 1. The fourth-order valence-corrected chi connectivity index (χ4v) is 2.78. The minimum absolute atomic E-state index is 0.102. The summed E-state index contributed by atoms with van der Waals surface area (Å²) in [5.41, 5.74) is 3.27. The molecule has 1 amide bonds. The highest BCUT2D eigenvalue weighted by molar-refractivity contribution is 6.32. The number of carbonyl (C=O) groups is 2. The lowest BCUT2D eigenvalue weighted by Gasteiger charge is -2.12. The molecule has 0 aromatic heterocycles. The van der Waals surface area contributed by atoms with E-state index in [1.165, 1.54) is 19.4 Å². The smallest absolute Gasteiger partial charge is 0.341 e. The van der Waals surface area contributed by atoms with Crippen molar-refractivity contribution in [1.82, 2.24) is 5.43 Å². The van der Waals surface area contributed by atoms with Crippen LogP contribution in [0.3, 0.4) is 0 Å². The zero-order chi connectivity index (χ0) is 22.8. The highest BCUT2D eigenvalue weighted by Gasteiger charge is 2.14. The Labute approximate surface area is 184 Å². The Kier molecular flexibility index (Phi) is 8.95. The van der Waals surface area contributed by atoms with Gasteiger partial charge < -0.3 is 24.1 Å². The van der Waals surface area contributed by atoms with Crippen LogP contribution in [0, 0.1) is 0 Å². The van der Waals surface area contributed by atoms with Gasteiger partial charge in [-0.2, -0.15) is 5.10 Å². The third kappa shape index (κ3) is 6.78. The maximum atomic E-state index is 12.4. The van der Waals surface area contributed by atoms with Crippen LogP contribution in [0.25, 0.3) is 0 Å². The van der Waals surface area contributed by atoms with Crippen LogP contribution in [-0.2, 0) is 4.79 Å². The van der Waals surface area contributed by atoms with Crippen molar-refractivity contribution in [3.05, 3.63) is 46.5 Å². The van der Waals surface area contributed by atoms with Crippen LogP contribution in [0.2, 0.25) is 5.02 Å². The van der Waals surface area contributed by atoms with Gasteiger partial charge in [0.1, 0.15) is 0 Å². The first-order chi connectivity index (χ1) is 14.9. The summed E-state index contributed by atoms with van der Waals surface area (Å²) < 4.78 is 21.3. The number of carboxylic acid groups (broad SMARTS) is 1.